The minimum atomic E-state index is -1.03. The molecule has 1 N–H and O–H groups in total. The summed E-state index contributed by atoms with van der Waals surface area (Å²) in [4.78, 5) is 27.3. The number of pyridine rings is 1. The van der Waals surface area contributed by atoms with Gasteiger partial charge in [0.05, 0.1) is 5.56 Å². The van der Waals surface area contributed by atoms with E-state index in [-0.39, 0.29) is 11.5 Å². The van der Waals surface area contributed by atoms with E-state index in [4.69, 9.17) is 5.11 Å². The van der Waals surface area contributed by atoms with E-state index in [1.807, 2.05) is 0 Å². The minimum Gasteiger partial charge on any atom is -0.478 e. The third-order valence-corrected chi connectivity index (χ3v) is 1.97. The first kappa shape index (κ1) is 11.2. The van der Waals surface area contributed by atoms with Crippen LogP contribution in [0.5, 0.6) is 0 Å². The van der Waals surface area contributed by atoms with Crippen molar-refractivity contribution in [2.75, 3.05) is 11.4 Å². The number of nitrogens with zero attached hydrogens (tertiary/aromatic N) is 2. The molecular weight excluding hydrogens is 196 g/mol. The summed E-state index contributed by atoms with van der Waals surface area (Å²) in [6, 6.07) is 2.77. The van der Waals surface area contributed by atoms with Crippen molar-refractivity contribution in [3.8, 4) is 0 Å². The Morgan fingerprint density at radius 3 is 2.67 bits per heavy atom. The summed E-state index contributed by atoms with van der Waals surface area (Å²) in [5.74, 6) is -0.823. The van der Waals surface area contributed by atoms with E-state index in [9.17, 15) is 9.59 Å². The molecule has 1 aromatic heterocycles. The van der Waals surface area contributed by atoms with Gasteiger partial charge in [0.25, 0.3) is 0 Å². The molecule has 0 bridgehead atoms. The predicted molar refractivity (Wildman–Crippen MR) is 54.9 cm³/mol. The second-order valence-corrected chi connectivity index (χ2v) is 2.97. The van der Waals surface area contributed by atoms with E-state index in [0.717, 1.165) is 0 Å². The van der Waals surface area contributed by atoms with Crippen LogP contribution in [-0.2, 0) is 4.79 Å². The summed E-state index contributed by atoms with van der Waals surface area (Å²) >= 11 is 0. The number of carbonyl (C=O) groups is 2. The van der Waals surface area contributed by atoms with Crippen molar-refractivity contribution in [1.29, 1.82) is 0 Å². The highest BCUT2D eigenvalue weighted by Gasteiger charge is 2.12. The van der Waals surface area contributed by atoms with Crippen LogP contribution in [0.3, 0.4) is 0 Å². The summed E-state index contributed by atoms with van der Waals surface area (Å²) in [5, 5.41) is 8.77. The van der Waals surface area contributed by atoms with Gasteiger partial charge in [0.15, 0.2) is 0 Å². The number of carboxylic acids is 1. The van der Waals surface area contributed by atoms with Gasteiger partial charge in [-0.2, -0.15) is 0 Å². The Balaban J connectivity index is 3.08. The Morgan fingerprint density at radius 2 is 2.20 bits per heavy atom. The van der Waals surface area contributed by atoms with Gasteiger partial charge in [0.2, 0.25) is 5.91 Å². The zero-order valence-electron chi connectivity index (χ0n) is 8.60. The maximum Gasteiger partial charge on any atom is 0.335 e. The van der Waals surface area contributed by atoms with E-state index in [0.29, 0.717) is 12.4 Å². The number of carboxylic acid groups (broad SMARTS) is 1. The Morgan fingerprint density at radius 1 is 1.53 bits per heavy atom. The first-order valence-electron chi connectivity index (χ1n) is 4.53. The average molecular weight is 208 g/mol. The van der Waals surface area contributed by atoms with Crippen molar-refractivity contribution >= 4 is 17.7 Å². The van der Waals surface area contributed by atoms with E-state index < -0.39 is 5.97 Å². The molecule has 5 heteroatoms. The van der Waals surface area contributed by atoms with Crippen LogP contribution in [0.15, 0.2) is 18.3 Å². The summed E-state index contributed by atoms with van der Waals surface area (Å²) < 4.78 is 0. The average Bonchev–Trinajstić information content (AvgIpc) is 2.18. The zero-order chi connectivity index (χ0) is 11.4. The van der Waals surface area contributed by atoms with E-state index >= 15 is 0 Å². The highest BCUT2D eigenvalue weighted by Crippen LogP contribution is 2.12. The summed E-state index contributed by atoms with van der Waals surface area (Å²) in [6.07, 6.45) is 1.38. The van der Waals surface area contributed by atoms with Crippen LogP contribution in [0, 0.1) is 0 Å². The highest BCUT2D eigenvalue weighted by molar-refractivity contribution is 5.93. The van der Waals surface area contributed by atoms with Gasteiger partial charge >= 0.3 is 5.97 Å². The lowest BCUT2D eigenvalue weighted by molar-refractivity contribution is -0.116. The summed E-state index contributed by atoms with van der Waals surface area (Å²) in [5.41, 5.74) is 0.125. The van der Waals surface area contributed by atoms with Crippen molar-refractivity contribution in [1.82, 2.24) is 4.98 Å². The number of hydrogen-bond acceptors (Lipinski definition) is 3. The maximum atomic E-state index is 11.2. The molecule has 0 radical (unpaired) electrons. The molecule has 1 amide bonds. The zero-order valence-corrected chi connectivity index (χ0v) is 8.60. The van der Waals surface area contributed by atoms with Crippen molar-refractivity contribution in [3.05, 3.63) is 23.9 Å². The van der Waals surface area contributed by atoms with Crippen LogP contribution in [0.1, 0.15) is 24.2 Å². The first-order chi connectivity index (χ1) is 7.06. The molecule has 0 spiro atoms. The SMILES string of the molecule is CCN(C(C)=O)c1cc(C(=O)O)ccn1. The Bertz CT molecular complexity index is 390. The van der Waals surface area contributed by atoms with Gasteiger partial charge in [-0.15, -0.1) is 0 Å². The van der Waals surface area contributed by atoms with Crippen molar-refractivity contribution in [2.45, 2.75) is 13.8 Å². The molecule has 1 rings (SSSR count). The molecule has 15 heavy (non-hydrogen) atoms. The molecule has 0 atom stereocenters. The molecule has 0 aliphatic heterocycles. The summed E-state index contributed by atoms with van der Waals surface area (Å²) in [6.45, 7) is 3.68. The van der Waals surface area contributed by atoms with Gasteiger partial charge < -0.3 is 5.11 Å². The smallest absolute Gasteiger partial charge is 0.335 e. The lowest BCUT2D eigenvalue weighted by Crippen LogP contribution is -2.28. The van der Waals surface area contributed by atoms with Crippen molar-refractivity contribution < 1.29 is 14.7 Å². The number of anilines is 1. The molecule has 1 heterocycles. The molecular formula is C10H12N2O3. The number of hydrogen-bond donors (Lipinski definition) is 1. The van der Waals surface area contributed by atoms with Gasteiger partial charge in [-0.1, -0.05) is 0 Å². The van der Waals surface area contributed by atoms with Crippen LogP contribution in [0.25, 0.3) is 0 Å². The van der Waals surface area contributed by atoms with E-state index in [1.54, 1.807) is 6.92 Å². The molecule has 0 saturated heterocycles. The maximum absolute atomic E-state index is 11.2. The number of amides is 1. The molecule has 0 saturated carbocycles. The second kappa shape index (κ2) is 4.54. The standard InChI is InChI=1S/C10H12N2O3/c1-3-12(7(2)13)9-6-8(10(14)15)4-5-11-9/h4-6H,3H2,1-2H3,(H,14,15). The number of rotatable bonds is 3. The molecule has 0 aromatic carbocycles. The van der Waals surface area contributed by atoms with Gasteiger partial charge in [0.1, 0.15) is 5.82 Å². The molecule has 0 unspecified atom stereocenters. The number of aromatic carboxylic acids is 1. The van der Waals surface area contributed by atoms with E-state index in [2.05, 4.69) is 4.98 Å². The Kier molecular flexibility index (Phi) is 3.38. The normalized spacial score (nSPS) is 9.73. The van der Waals surface area contributed by atoms with Crippen LogP contribution < -0.4 is 4.90 Å². The minimum absolute atomic E-state index is 0.125. The molecule has 80 valence electrons. The van der Waals surface area contributed by atoms with E-state index in [1.165, 1.54) is 30.2 Å². The Labute approximate surface area is 87.4 Å². The largest absolute Gasteiger partial charge is 0.478 e. The van der Waals surface area contributed by atoms with Gasteiger partial charge in [-0.25, -0.2) is 9.78 Å². The molecule has 0 fully saturated rings. The highest BCUT2D eigenvalue weighted by atomic mass is 16.4. The van der Waals surface area contributed by atoms with Crippen LogP contribution in [-0.4, -0.2) is 28.5 Å². The van der Waals surface area contributed by atoms with Gasteiger partial charge in [-0.05, 0) is 19.1 Å². The summed E-state index contributed by atoms with van der Waals surface area (Å²) in [7, 11) is 0. The molecule has 0 aliphatic rings. The van der Waals surface area contributed by atoms with Crippen molar-refractivity contribution in [3.63, 3.8) is 0 Å². The lowest BCUT2D eigenvalue weighted by Gasteiger charge is -2.17. The quantitative estimate of drug-likeness (QED) is 0.808. The van der Waals surface area contributed by atoms with Gasteiger partial charge in [0, 0.05) is 19.7 Å². The monoisotopic (exact) mass is 208 g/mol. The fourth-order valence-corrected chi connectivity index (χ4v) is 1.25. The molecule has 5 nitrogen and oxygen atoms in total. The fraction of sp³-hybridized carbons (Fsp3) is 0.300. The van der Waals surface area contributed by atoms with Gasteiger partial charge in [-0.3, -0.25) is 9.69 Å². The fourth-order valence-electron chi connectivity index (χ4n) is 1.25. The van der Waals surface area contributed by atoms with Crippen molar-refractivity contribution in [2.24, 2.45) is 0 Å². The lowest BCUT2D eigenvalue weighted by atomic mass is 10.2. The number of carbonyl (C=O) groups excluding carboxylic acids is 1. The second-order valence-electron chi connectivity index (χ2n) is 2.97. The molecule has 0 aliphatic carbocycles. The third-order valence-electron chi connectivity index (χ3n) is 1.97. The van der Waals surface area contributed by atoms with Crippen LogP contribution in [0.2, 0.25) is 0 Å². The van der Waals surface area contributed by atoms with Crippen LogP contribution >= 0.6 is 0 Å². The third kappa shape index (κ3) is 2.52. The molecule has 1 aromatic rings. The number of aromatic nitrogens is 1. The topological polar surface area (TPSA) is 70.5 Å². The Hall–Kier alpha value is -1.91. The predicted octanol–water partition coefficient (Wildman–Crippen LogP) is 1.15. The van der Waals surface area contributed by atoms with Crippen LogP contribution in [0.4, 0.5) is 5.82 Å². The first-order valence-corrected chi connectivity index (χ1v) is 4.53.